The first-order chi connectivity index (χ1) is 10.3. The van der Waals surface area contributed by atoms with Crippen molar-refractivity contribution in [2.45, 2.75) is 25.7 Å². The monoisotopic (exact) mass is 303 g/mol. The molecule has 0 heterocycles. The van der Waals surface area contributed by atoms with Gasteiger partial charge in [-0.25, -0.2) is 0 Å². The lowest BCUT2D eigenvalue weighted by atomic mass is 10.2. The summed E-state index contributed by atoms with van der Waals surface area (Å²) in [6.45, 7) is 1.51. The molecule has 2 rings (SSSR count). The molecule has 0 aromatic heterocycles. The Morgan fingerprint density at radius 3 is 1.81 bits per heavy atom. The lowest BCUT2D eigenvalue weighted by molar-refractivity contribution is 0.287. The normalized spacial score (nSPS) is 10.3. The SMILES string of the molecule is Clc1ccc(OCCCCCCOc2cc[c]cc2)cc1. The number of ether oxygens (including phenoxy) is 2. The Hall–Kier alpha value is -1.67. The number of halogens is 1. The Labute approximate surface area is 131 Å². The van der Waals surface area contributed by atoms with Gasteiger partial charge in [0.1, 0.15) is 11.5 Å². The Morgan fingerprint density at radius 1 is 0.714 bits per heavy atom. The average molecular weight is 304 g/mol. The van der Waals surface area contributed by atoms with Crippen LogP contribution in [-0.2, 0) is 0 Å². The maximum absolute atomic E-state index is 5.82. The van der Waals surface area contributed by atoms with Crippen LogP contribution in [-0.4, -0.2) is 13.2 Å². The Bertz CT molecular complexity index is 496. The molecule has 0 aliphatic rings. The molecule has 0 saturated carbocycles. The molecule has 3 heteroatoms. The van der Waals surface area contributed by atoms with Crippen LogP contribution in [0.3, 0.4) is 0 Å². The molecule has 111 valence electrons. The van der Waals surface area contributed by atoms with Crippen LogP contribution < -0.4 is 9.47 Å². The topological polar surface area (TPSA) is 18.5 Å². The first kappa shape index (κ1) is 15.7. The van der Waals surface area contributed by atoms with Crippen LogP contribution in [0.15, 0.2) is 48.5 Å². The summed E-state index contributed by atoms with van der Waals surface area (Å²) < 4.78 is 11.3. The van der Waals surface area contributed by atoms with E-state index in [9.17, 15) is 0 Å². The quantitative estimate of drug-likeness (QED) is 0.596. The summed E-state index contributed by atoms with van der Waals surface area (Å²) in [6, 6.07) is 18.0. The third kappa shape index (κ3) is 6.54. The highest BCUT2D eigenvalue weighted by molar-refractivity contribution is 6.30. The third-order valence-electron chi connectivity index (χ3n) is 3.08. The van der Waals surface area contributed by atoms with Crippen molar-refractivity contribution in [3.8, 4) is 11.5 Å². The molecule has 1 radical (unpaired) electrons. The standard InChI is InChI=1S/C18H20ClO2/c19-16-10-12-18(13-11-16)21-15-7-2-1-6-14-20-17-8-4-3-5-9-17/h4-5,8-13H,1-2,6-7,14-15H2. The molecule has 0 fully saturated rings. The summed E-state index contributed by atoms with van der Waals surface area (Å²) in [5, 5.41) is 0.735. The number of hydrogen-bond donors (Lipinski definition) is 0. The van der Waals surface area contributed by atoms with Crippen molar-refractivity contribution < 1.29 is 9.47 Å². The summed E-state index contributed by atoms with van der Waals surface area (Å²) in [5.41, 5.74) is 0. The number of unbranched alkanes of at least 4 members (excludes halogenated alkanes) is 3. The van der Waals surface area contributed by atoms with Crippen molar-refractivity contribution in [3.63, 3.8) is 0 Å². The van der Waals surface area contributed by atoms with Gasteiger partial charge in [-0.3, -0.25) is 0 Å². The van der Waals surface area contributed by atoms with E-state index < -0.39 is 0 Å². The highest BCUT2D eigenvalue weighted by atomic mass is 35.5. The Balaban J connectivity index is 1.46. The molecule has 0 amide bonds. The van der Waals surface area contributed by atoms with Gasteiger partial charge in [0.15, 0.2) is 0 Å². The van der Waals surface area contributed by atoms with Crippen molar-refractivity contribution in [3.05, 3.63) is 59.6 Å². The zero-order valence-electron chi connectivity index (χ0n) is 12.1. The first-order valence-corrected chi connectivity index (χ1v) is 7.70. The van der Waals surface area contributed by atoms with Gasteiger partial charge in [0, 0.05) is 5.02 Å². The molecular formula is C18H20ClO2. The highest BCUT2D eigenvalue weighted by Crippen LogP contribution is 2.16. The van der Waals surface area contributed by atoms with E-state index in [2.05, 4.69) is 6.07 Å². The van der Waals surface area contributed by atoms with Crippen LogP contribution >= 0.6 is 11.6 Å². The van der Waals surface area contributed by atoms with Gasteiger partial charge >= 0.3 is 0 Å². The smallest absolute Gasteiger partial charge is 0.119 e. The van der Waals surface area contributed by atoms with Crippen LogP contribution in [0.5, 0.6) is 11.5 Å². The van der Waals surface area contributed by atoms with Crippen molar-refractivity contribution >= 4 is 11.6 Å². The Morgan fingerprint density at radius 2 is 1.24 bits per heavy atom. The zero-order chi connectivity index (χ0) is 14.8. The fourth-order valence-corrected chi connectivity index (χ4v) is 2.06. The average Bonchev–Trinajstić information content (AvgIpc) is 2.53. The van der Waals surface area contributed by atoms with Crippen LogP contribution in [0, 0.1) is 6.07 Å². The second-order valence-electron chi connectivity index (χ2n) is 4.80. The van der Waals surface area contributed by atoms with Gasteiger partial charge in [0.25, 0.3) is 0 Å². The first-order valence-electron chi connectivity index (χ1n) is 7.32. The van der Waals surface area contributed by atoms with Crippen molar-refractivity contribution in [1.29, 1.82) is 0 Å². The van der Waals surface area contributed by atoms with E-state index in [4.69, 9.17) is 21.1 Å². The van der Waals surface area contributed by atoms with E-state index in [0.717, 1.165) is 55.4 Å². The van der Waals surface area contributed by atoms with Gasteiger partial charge in [-0.2, -0.15) is 0 Å². The van der Waals surface area contributed by atoms with E-state index in [1.807, 2.05) is 48.5 Å². The van der Waals surface area contributed by atoms with E-state index in [1.54, 1.807) is 0 Å². The minimum absolute atomic E-state index is 0.735. The number of hydrogen-bond acceptors (Lipinski definition) is 2. The maximum Gasteiger partial charge on any atom is 0.119 e. The minimum Gasteiger partial charge on any atom is -0.494 e. The zero-order valence-corrected chi connectivity index (χ0v) is 12.8. The maximum atomic E-state index is 5.82. The Kier molecular flexibility index (Phi) is 6.96. The fraction of sp³-hybridized carbons (Fsp3) is 0.333. The lowest BCUT2D eigenvalue weighted by Gasteiger charge is -2.07. The lowest BCUT2D eigenvalue weighted by Crippen LogP contribution is -1.99. The van der Waals surface area contributed by atoms with Crippen LogP contribution in [0.25, 0.3) is 0 Å². The molecule has 0 spiro atoms. The van der Waals surface area contributed by atoms with Gasteiger partial charge in [0.05, 0.1) is 13.2 Å². The van der Waals surface area contributed by atoms with Crippen molar-refractivity contribution in [2.24, 2.45) is 0 Å². The van der Waals surface area contributed by atoms with Gasteiger partial charge in [-0.15, -0.1) is 0 Å². The van der Waals surface area contributed by atoms with E-state index in [-0.39, 0.29) is 0 Å². The van der Waals surface area contributed by atoms with Crippen molar-refractivity contribution in [2.75, 3.05) is 13.2 Å². The number of benzene rings is 2. The summed E-state index contributed by atoms with van der Waals surface area (Å²) in [4.78, 5) is 0. The summed E-state index contributed by atoms with van der Waals surface area (Å²) >= 11 is 5.82. The molecule has 0 atom stereocenters. The number of rotatable bonds is 9. The van der Waals surface area contributed by atoms with Crippen LogP contribution in [0.4, 0.5) is 0 Å². The molecule has 0 N–H and O–H groups in total. The fourth-order valence-electron chi connectivity index (χ4n) is 1.94. The molecular weight excluding hydrogens is 284 g/mol. The van der Waals surface area contributed by atoms with Gasteiger partial charge in [-0.1, -0.05) is 23.7 Å². The summed E-state index contributed by atoms with van der Waals surface area (Å²) in [5.74, 6) is 1.79. The molecule has 0 bridgehead atoms. The largest absolute Gasteiger partial charge is 0.494 e. The molecule has 2 aromatic rings. The second kappa shape index (κ2) is 9.30. The van der Waals surface area contributed by atoms with Crippen LogP contribution in [0.1, 0.15) is 25.7 Å². The van der Waals surface area contributed by atoms with Crippen LogP contribution in [0.2, 0.25) is 5.02 Å². The predicted octanol–water partition coefficient (Wildman–Crippen LogP) is 5.16. The minimum atomic E-state index is 0.735. The van der Waals surface area contributed by atoms with E-state index in [1.165, 1.54) is 0 Å². The van der Waals surface area contributed by atoms with Gasteiger partial charge in [0.2, 0.25) is 0 Å². The summed E-state index contributed by atoms with van der Waals surface area (Å²) in [6.07, 6.45) is 4.44. The van der Waals surface area contributed by atoms with Crippen molar-refractivity contribution in [1.82, 2.24) is 0 Å². The predicted molar refractivity (Wildman–Crippen MR) is 86.2 cm³/mol. The van der Waals surface area contributed by atoms with E-state index >= 15 is 0 Å². The highest BCUT2D eigenvalue weighted by Gasteiger charge is 1.96. The molecule has 0 unspecified atom stereocenters. The molecule has 2 nitrogen and oxygen atoms in total. The second-order valence-corrected chi connectivity index (χ2v) is 5.24. The molecule has 0 aliphatic carbocycles. The molecule has 2 aromatic carbocycles. The van der Waals surface area contributed by atoms with Gasteiger partial charge < -0.3 is 9.47 Å². The molecule has 21 heavy (non-hydrogen) atoms. The van der Waals surface area contributed by atoms with E-state index in [0.29, 0.717) is 0 Å². The summed E-state index contributed by atoms with van der Waals surface area (Å²) in [7, 11) is 0. The molecule has 0 aliphatic heterocycles. The third-order valence-corrected chi connectivity index (χ3v) is 3.33. The van der Waals surface area contributed by atoms with Gasteiger partial charge in [-0.05, 0) is 68.1 Å². The molecule has 0 saturated heterocycles.